The van der Waals surface area contributed by atoms with Crippen LogP contribution in [0.15, 0.2) is 42.6 Å². The van der Waals surface area contributed by atoms with Crippen LogP contribution in [0.4, 0.5) is 14.9 Å². The van der Waals surface area contributed by atoms with Crippen molar-refractivity contribution < 1.29 is 23.8 Å². The maximum absolute atomic E-state index is 14.2. The summed E-state index contributed by atoms with van der Waals surface area (Å²) >= 11 is 6.57. The summed E-state index contributed by atoms with van der Waals surface area (Å²) in [6, 6.07) is 9.40. The zero-order valence-corrected chi connectivity index (χ0v) is 20.5. The molecule has 0 radical (unpaired) electrons. The number of ether oxygens (including phenoxy) is 1. The number of piperidine rings is 1. The van der Waals surface area contributed by atoms with E-state index in [4.69, 9.17) is 16.3 Å². The molecule has 1 saturated heterocycles. The maximum atomic E-state index is 14.2. The monoisotopic (exact) mass is 499 g/mol. The van der Waals surface area contributed by atoms with Crippen LogP contribution in [0, 0.1) is 5.82 Å². The van der Waals surface area contributed by atoms with Crippen molar-refractivity contribution in [1.82, 2.24) is 10.3 Å². The van der Waals surface area contributed by atoms with Gasteiger partial charge in [-0.2, -0.15) is 0 Å². The highest BCUT2D eigenvalue weighted by Crippen LogP contribution is 2.37. The standard InChI is InChI=1S/C26H27ClFN3O4/c1-26(2,3)35-25(34)30-22-9-10-31(13-23(22)33)24-17-11-15(7-8-21(17)29-12-19(24)27)16-5-4-6-20(28)18(16)14-32/h4-8,11-12,14,22-23,33H,9-10,13H2,1-3H3,(H,30,34)/t22-,23+/m0/s1. The number of hydrogen-bond donors (Lipinski definition) is 2. The Hall–Kier alpha value is -3.23. The van der Waals surface area contributed by atoms with Crippen LogP contribution in [0.3, 0.4) is 0 Å². The molecule has 2 heterocycles. The van der Waals surface area contributed by atoms with Crippen molar-refractivity contribution in [3.8, 4) is 11.1 Å². The van der Waals surface area contributed by atoms with Gasteiger partial charge in [0.15, 0.2) is 6.29 Å². The summed E-state index contributed by atoms with van der Waals surface area (Å²) < 4.78 is 19.5. The Balaban J connectivity index is 1.64. The van der Waals surface area contributed by atoms with Gasteiger partial charge >= 0.3 is 6.09 Å². The lowest BCUT2D eigenvalue weighted by molar-refractivity contribution is 0.0402. The lowest BCUT2D eigenvalue weighted by atomic mass is 9.97. The largest absolute Gasteiger partial charge is 0.444 e. The first kappa shape index (κ1) is 24.9. The number of hydrogen-bond acceptors (Lipinski definition) is 6. The summed E-state index contributed by atoms with van der Waals surface area (Å²) in [6.07, 6.45) is 1.09. The Morgan fingerprint density at radius 1 is 1.31 bits per heavy atom. The molecule has 7 nitrogen and oxygen atoms in total. The number of benzene rings is 2. The van der Waals surface area contributed by atoms with Crippen LogP contribution in [-0.2, 0) is 4.74 Å². The van der Waals surface area contributed by atoms with Gasteiger partial charge in [0, 0.05) is 24.7 Å². The summed E-state index contributed by atoms with van der Waals surface area (Å²) in [7, 11) is 0. The SMILES string of the molecule is CC(C)(C)OC(=O)N[C@H]1CCN(c2c(Cl)cnc3ccc(-c4cccc(F)c4C=O)cc23)C[C@H]1O. The smallest absolute Gasteiger partial charge is 0.407 e. The maximum Gasteiger partial charge on any atom is 0.407 e. The second-order valence-electron chi connectivity index (χ2n) is 9.56. The molecule has 0 unspecified atom stereocenters. The molecule has 2 aromatic carbocycles. The number of anilines is 1. The molecule has 35 heavy (non-hydrogen) atoms. The van der Waals surface area contributed by atoms with Gasteiger partial charge < -0.3 is 20.1 Å². The summed E-state index contributed by atoms with van der Waals surface area (Å²) in [5, 5.41) is 14.6. The molecule has 0 aliphatic carbocycles. The molecular formula is C26H27ClFN3O4. The van der Waals surface area contributed by atoms with Crippen molar-refractivity contribution in [2.75, 3.05) is 18.0 Å². The van der Waals surface area contributed by atoms with Crippen molar-refractivity contribution in [1.29, 1.82) is 0 Å². The number of nitrogens with zero attached hydrogens (tertiary/aromatic N) is 2. The number of aromatic nitrogens is 1. The van der Waals surface area contributed by atoms with Crippen molar-refractivity contribution in [3.05, 3.63) is 59.0 Å². The average molecular weight is 500 g/mol. The zero-order chi connectivity index (χ0) is 25.3. The zero-order valence-electron chi connectivity index (χ0n) is 19.7. The Kier molecular flexibility index (Phi) is 6.96. The number of aliphatic hydroxyl groups excluding tert-OH is 1. The Morgan fingerprint density at radius 2 is 2.09 bits per heavy atom. The molecule has 184 valence electrons. The number of aliphatic hydroxyl groups is 1. The lowest BCUT2D eigenvalue weighted by Crippen LogP contribution is -2.55. The number of alkyl carbamates (subject to hydrolysis) is 1. The van der Waals surface area contributed by atoms with E-state index in [0.29, 0.717) is 52.0 Å². The van der Waals surface area contributed by atoms with E-state index < -0.39 is 29.7 Å². The summed E-state index contributed by atoms with van der Waals surface area (Å²) in [6.45, 7) is 6.07. The van der Waals surface area contributed by atoms with E-state index in [0.717, 1.165) is 0 Å². The van der Waals surface area contributed by atoms with E-state index in [1.165, 1.54) is 6.07 Å². The molecule has 4 rings (SSSR count). The third-order valence-electron chi connectivity index (χ3n) is 5.88. The number of rotatable bonds is 4. The van der Waals surface area contributed by atoms with Crippen LogP contribution >= 0.6 is 11.6 Å². The predicted octanol–water partition coefficient (Wildman–Crippen LogP) is 4.97. The predicted molar refractivity (Wildman–Crippen MR) is 134 cm³/mol. The van der Waals surface area contributed by atoms with Gasteiger partial charge in [0.1, 0.15) is 11.4 Å². The average Bonchev–Trinajstić information content (AvgIpc) is 2.78. The number of halogens is 2. The molecule has 2 atom stereocenters. The summed E-state index contributed by atoms with van der Waals surface area (Å²) in [5.74, 6) is -0.593. The van der Waals surface area contributed by atoms with Crippen LogP contribution in [-0.4, -0.2) is 53.3 Å². The van der Waals surface area contributed by atoms with Gasteiger partial charge in [-0.1, -0.05) is 29.8 Å². The number of aldehydes is 1. The number of fused-ring (bicyclic) bond motifs is 1. The minimum Gasteiger partial charge on any atom is -0.444 e. The third kappa shape index (κ3) is 5.39. The topological polar surface area (TPSA) is 91.8 Å². The first-order valence-electron chi connectivity index (χ1n) is 11.3. The summed E-state index contributed by atoms with van der Waals surface area (Å²) in [5.41, 5.74) is 1.80. The number of nitrogens with one attached hydrogen (secondary N) is 1. The van der Waals surface area contributed by atoms with E-state index in [9.17, 15) is 19.1 Å². The molecular weight excluding hydrogens is 473 g/mol. The fraction of sp³-hybridized carbons (Fsp3) is 0.346. The first-order chi connectivity index (χ1) is 16.6. The van der Waals surface area contributed by atoms with Gasteiger partial charge in [-0.25, -0.2) is 9.18 Å². The third-order valence-corrected chi connectivity index (χ3v) is 6.15. The minimum absolute atomic E-state index is 0.0205. The van der Waals surface area contributed by atoms with E-state index in [2.05, 4.69) is 10.3 Å². The molecule has 1 aliphatic rings. The molecule has 1 aromatic heterocycles. The quantitative estimate of drug-likeness (QED) is 0.492. The molecule has 3 aromatic rings. The Labute approximate surface area is 207 Å². The first-order valence-corrected chi connectivity index (χ1v) is 11.7. The molecule has 1 fully saturated rings. The second-order valence-corrected chi connectivity index (χ2v) is 9.97. The highest BCUT2D eigenvalue weighted by Gasteiger charge is 2.32. The van der Waals surface area contributed by atoms with Crippen LogP contribution in [0.5, 0.6) is 0 Å². The van der Waals surface area contributed by atoms with Gasteiger partial charge in [0.05, 0.1) is 33.9 Å². The molecule has 2 N–H and O–H groups in total. The minimum atomic E-state index is -0.858. The van der Waals surface area contributed by atoms with Crippen LogP contribution < -0.4 is 10.2 Å². The van der Waals surface area contributed by atoms with Crippen LogP contribution in [0.2, 0.25) is 5.02 Å². The van der Waals surface area contributed by atoms with Crippen LogP contribution in [0.25, 0.3) is 22.0 Å². The number of amides is 1. The summed E-state index contributed by atoms with van der Waals surface area (Å²) in [4.78, 5) is 30.0. The van der Waals surface area contributed by atoms with Gasteiger partial charge in [0.25, 0.3) is 0 Å². The molecule has 9 heteroatoms. The lowest BCUT2D eigenvalue weighted by Gasteiger charge is -2.38. The van der Waals surface area contributed by atoms with Gasteiger partial charge in [-0.3, -0.25) is 9.78 Å². The highest BCUT2D eigenvalue weighted by atomic mass is 35.5. The van der Waals surface area contributed by atoms with E-state index in [1.807, 2.05) is 11.0 Å². The van der Waals surface area contributed by atoms with Crippen molar-refractivity contribution in [2.24, 2.45) is 0 Å². The van der Waals surface area contributed by atoms with Crippen molar-refractivity contribution in [3.63, 3.8) is 0 Å². The Morgan fingerprint density at radius 3 is 2.77 bits per heavy atom. The van der Waals surface area contributed by atoms with Crippen molar-refractivity contribution in [2.45, 2.75) is 44.9 Å². The number of β-amino-alcohol motifs (C(OH)–C–C–N with tert-alkyl or cyclic N) is 1. The number of carbonyl (C=O) groups is 2. The fourth-order valence-electron chi connectivity index (χ4n) is 4.31. The number of pyridine rings is 1. The normalized spacial score (nSPS) is 18.4. The van der Waals surface area contributed by atoms with Gasteiger partial charge in [0.2, 0.25) is 0 Å². The molecule has 0 spiro atoms. The van der Waals surface area contributed by atoms with Crippen molar-refractivity contribution >= 4 is 40.6 Å². The van der Waals surface area contributed by atoms with E-state index in [-0.39, 0.29) is 12.1 Å². The van der Waals surface area contributed by atoms with E-state index >= 15 is 0 Å². The Bertz CT molecular complexity index is 1280. The molecule has 1 amide bonds. The second kappa shape index (κ2) is 9.79. The van der Waals surface area contributed by atoms with E-state index in [1.54, 1.807) is 51.2 Å². The van der Waals surface area contributed by atoms with Gasteiger partial charge in [-0.15, -0.1) is 0 Å². The molecule has 0 bridgehead atoms. The van der Waals surface area contributed by atoms with Gasteiger partial charge in [-0.05, 0) is 56.5 Å². The highest BCUT2D eigenvalue weighted by molar-refractivity contribution is 6.34. The number of carbonyl (C=O) groups excluding carboxylic acids is 2. The fourth-order valence-corrected chi connectivity index (χ4v) is 4.58. The molecule has 0 saturated carbocycles. The molecule has 1 aliphatic heterocycles. The van der Waals surface area contributed by atoms with Crippen LogP contribution in [0.1, 0.15) is 37.6 Å².